The Morgan fingerprint density at radius 1 is 1.14 bits per heavy atom. The number of fused-ring (bicyclic) bond motifs is 1. The molecule has 1 aromatic carbocycles. The maximum atomic E-state index is 12.0. The average molecular weight is 366 g/mol. The van der Waals surface area contributed by atoms with E-state index in [1.165, 1.54) is 5.56 Å². The van der Waals surface area contributed by atoms with Gasteiger partial charge in [0.25, 0.3) is 0 Å². The minimum absolute atomic E-state index is 0.00133. The Bertz CT molecular complexity index is 862. The van der Waals surface area contributed by atoms with Crippen molar-refractivity contribution >= 4 is 38.3 Å². The molecule has 2 heterocycles. The smallest absolute Gasteiger partial charge is 0.309 e. The lowest BCUT2D eigenvalue weighted by Crippen LogP contribution is -2.19. The zero-order chi connectivity index (χ0) is 15.1. The summed E-state index contributed by atoms with van der Waals surface area (Å²) in [6.07, 6.45) is 0. The lowest BCUT2D eigenvalue weighted by Gasteiger charge is -2.15. The summed E-state index contributed by atoms with van der Waals surface area (Å²) >= 11 is 5.18. The quantitative estimate of drug-likeness (QED) is 0.774. The van der Waals surface area contributed by atoms with Crippen molar-refractivity contribution in [2.24, 2.45) is 14.1 Å². The van der Waals surface area contributed by atoms with Gasteiger partial charge in [0.1, 0.15) is 0 Å². The van der Waals surface area contributed by atoms with Crippen molar-refractivity contribution in [1.29, 1.82) is 0 Å². The molecule has 3 rings (SSSR count). The number of aromatic nitrogens is 2. The Morgan fingerprint density at radius 3 is 2.48 bits per heavy atom. The molecule has 0 radical (unpaired) electrons. The fraction of sp³-hybridized carbons (Fsp3) is 0.267. The van der Waals surface area contributed by atoms with E-state index < -0.39 is 0 Å². The Kier molecular flexibility index (Phi) is 3.77. The number of nitrogens with zero attached hydrogens (tertiary/aromatic N) is 2. The largest absolute Gasteiger partial charge is 0.328 e. The summed E-state index contributed by atoms with van der Waals surface area (Å²) in [6.45, 7) is 0. The van der Waals surface area contributed by atoms with Gasteiger partial charge in [-0.3, -0.25) is 9.13 Å². The molecule has 1 N–H and O–H groups in total. The monoisotopic (exact) mass is 365 g/mol. The summed E-state index contributed by atoms with van der Waals surface area (Å²) in [5, 5.41) is 5.48. The maximum absolute atomic E-state index is 12.0. The number of halogens is 1. The van der Waals surface area contributed by atoms with E-state index >= 15 is 0 Å². The fourth-order valence-electron chi connectivity index (χ4n) is 2.70. The number of aryl methyl sites for hydroxylation is 2. The second-order valence-corrected chi connectivity index (χ2v) is 7.35. The molecule has 0 bridgehead atoms. The summed E-state index contributed by atoms with van der Waals surface area (Å²) in [4.78, 5) is 12.0. The van der Waals surface area contributed by atoms with E-state index in [2.05, 4.69) is 44.8 Å². The first-order valence-electron chi connectivity index (χ1n) is 6.59. The van der Waals surface area contributed by atoms with Crippen molar-refractivity contribution < 1.29 is 0 Å². The van der Waals surface area contributed by atoms with E-state index in [1.807, 2.05) is 20.2 Å². The van der Waals surface area contributed by atoms with Crippen LogP contribution in [0.3, 0.4) is 0 Å². The molecule has 0 aliphatic heterocycles. The summed E-state index contributed by atoms with van der Waals surface area (Å²) in [5.41, 5.74) is 4.27. The molecule has 4 nitrogen and oxygen atoms in total. The van der Waals surface area contributed by atoms with Gasteiger partial charge < -0.3 is 5.32 Å². The molecule has 0 saturated carbocycles. The van der Waals surface area contributed by atoms with E-state index in [-0.39, 0.29) is 11.7 Å². The highest BCUT2D eigenvalue weighted by atomic mass is 79.9. The zero-order valence-corrected chi connectivity index (χ0v) is 14.5. The number of rotatable bonds is 3. The van der Waals surface area contributed by atoms with Gasteiger partial charge in [0, 0.05) is 14.1 Å². The van der Waals surface area contributed by atoms with Crippen molar-refractivity contribution in [3.8, 4) is 0 Å². The van der Waals surface area contributed by atoms with Crippen LogP contribution in [0, 0.1) is 0 Å². The Labute approximate surface area is 135 Å². The first-order valence-corrected chi connectivity index (χ1v) is 8.26. The molecule has 0 spiro atoms. The zero-order valence-electron chi connectivity index (χ0n) is 12.1. The lowest BCUT2D eigenvalue weighted by atomic mass is 10.0. The van der Waals surface area contributed by atoms with Crippen LogP contribution in [0.4, 0.5) is 0 Å². The van der Waals surface area contributed by atoms with Crippen LogP contribution in [-0.4, -0.2) is 16.2 Å². The molecule has 1 unspecified atom stereocenters. The lowest BCUT2D eigenvalue weighted by molar-refractivity contribution is 0.694. The SMILES string of the molecule is CNC(c1csc(Br)c1)c1ccc2c(c1)n(C)c(=O)n2C. The molecule has 1 atom stereocenters. The third-order valence-corrected chi connectivity index (χ3v) is 5.36. The standard InChI is InChI=1S/C15H16BrN3OS/c1-17-14(10-7-13(16)21-8-10)9-4-5-11-12(6-9)19(3)15(20)18(11)2/h4-8,14,17H,1-3H3. The van der Waals surface area contributed by atoms with Gasteiger partial charge in [0.15, 0.2) is 0 Å². The molecule has 0 saturated heterocycles. The predicted octanol–water partition coefficient (Wildman–Crippen LogP) is 3.01. The highest BCUT2D eigenvalue weighted by molar-refractivity contribution is 9.11. The minimum Gasteiger partial charge on any atom is -0.309 e. The van der Waals surface area contributed by atoms with Gasteiger partial charge in [-0.15, -0.1) is 11.3 Å². The number of nitrogens with one attached hydrogen (secondary N) is 1. The second-order valence-electron chi connectivity index (χ2n) is 5.05. The van der Waals surface area contributed by atoms with Crippen LogP contribution in [0.5, 0.6) is 0 Å². The van der Waals surface area contributed by atoms with Crippen molar-refractivity contribution in [3.63, 3.8) is 0 Å². The molecule has 21 heavy (non-hydrogen) atoms. The summed E-state index contributed by atoms with van der Waals surface area (Å²) in [6, 6.07) is 8.42. The van der Waals surface area contributed by atoms with Crippen LogP contribution in [0.2, 0.25) is 0 Å². The number of hydrogen-bond acceptors (Lipinski definition) is 3. The molecule has 0 amide bonds. The summed E-state index contributed by atoms with van der Waals surface area (Å²) < 4.78 is 4.48. The third kappa shape index (κ3) is 2.37. The molecule has 0 aliphatic rings. The van der Waals surface area contributed by atoms with E-state index in [1.54, 1.807) is 27.5 Å². The van der Waals surface area contributed by atoms with Gasteiger partial charge in [-0.2, -0.15) is 0 Å². The van der Waals surface area contributed by atoms with Gasteiger partial charge in [0.2, 0.25) is 0 Å². The fourth-order valence-corrected chi connectivity index (χ4v) is 3.91. The average Bonchev–Trinajstić information content (AvgIpc) is 2.99. The van der Waals surface area contributed by atoms with E-state index in [9.17, 15) is 4.79 Å². The van der Waals surface area contributed by atoms with Crippen LogP contribution in [0.15, 0.2) is 38.2 Å². The summed E-state index contributed by atoms with van der Waals surface area (Å²) in [7, 11) is 5.56. The van der Waals surface area contributed by atoms with Crippen molar-refractivity contribution in [3.05, 3.63) is 55.0 Å². The third-order valence-electron chi connectivity index (χ3n) is 3.84. The first-order chi connectivity index (χ1) is 10.0. The van der Waals surface area contributed by atoms with E-state index in [0.29, 0.717) is 0 Å². The van der Waals surface area contributed by atoms with Gasteiger partial charge in [-0.05, 0) is 57.7 Å². The molecule has 2 aromatic heterocycles. The number of imidazole rings is 1. The molecule has 3 aromatic rings. The van der Waals surface area contributed by atoms with Gasteiger partial charge in [-0.25, -0.2) is 4.79 Å². The van der Waals surface area contributed by atoms with Crippen LogP contribution >= 0.6 is 27.3 Å². The van der Waals surface area contributed by atoms with Crippen LogP contribution in [0.25, 0.3) is 11.0 Å². The van der Waals surface area contributed by atoms with Crippen molar-refractivity contribution in [2.45, 2.75) is 6.04 Å². The second kappa shape index (κ2) is 5.44. The molecule has 110 valence electrons. The molecular weight excluding hydrogens is 350 g/mol. The highest BCUT2D eigenvalue weighted by Gasteiger charge is 2.16. The molecule has 0 fully saturated rings. The number of benzene rings is 1. The van der Waals surface area contributed by atoms with Gasteiger partial charge in [0.05, 0.1) is 20.9 Å². The first kappa shape index (κ1) is 14.6. The van der Waals surface area contributed by atoms with Gasteiger partial charge >= 0.3 is 5.69 Å². The van der Waals surface area contributed by atoms with Gasteiger partial charge in [-0.1, -0.05) is 6.07 Å². The van der Waals surface area contributed by atoms with Crippen LogP contribution in [-0.2, 0) is 14.1 Å². The highest BCUT2D eigenvalue weighted by Crippen LogP contribution is 2.30. The predicted molar refractivity (Wildman–Crippen MR) is 91.1 cm³/mol. The Hall–Kier alpha value is -1.37. The Balaban J connectivity index is 2.15. The van der Waals surface area contributed by atoms with E-state index in [0.717, 1.165) is 20.4 Å². The normalized spacial score (nSPS) is 13.0. The van der Waals surface area contributed by atoms with E-state index in [4.69, 9.17) is 0 Å². The molecule has 0 aliphatic carbocycles. The maximum Gasteiger partial charge on any atom is 0.328 e. The minimum atomic E-state index is 0.00133. The molecular formula is C15H16BrN3OS. The topological polar surface area (TPSA) is 39.0 Å². The van der Waals surface area contributed by atoms with Crippen molar-refractivity contribution in [2.75, 3.05) is 7.05 Å². The number of thiophene rings is 1. The summed E-state index contributed by atoms with van der Waals surface area (Å²) in [5.74, 6) is 0. The van der Waals surface area contributed by atoms with Crippen molar-refractivity contribution in [1.82, 2.24) is 14.5 Å². The van der Waals surface area contributed by atoms with Crippen LogP contribution < -0.4 is 11.0 Å². The van der Waals surface area contributed by atoms with Crippen LogP contribution in [0.1, 0.15) is 17.2 Å². The Morgan fingerprint density at radius 2 is 1.86 bits per heavy atom. The molecule has 6 heteroatoms. The number of hydrogen-bond donors (Lipinski definition) is 1.